The minimum Gasteiger partial charge on any atom is -0.385 e. The zero-order valence-corrected chi connectivity index (χ0v) is 32.8. The lowest BCUT2D eigenvalue weighted by Crippen LogP contribution is -2.52. The molecule has 0 saturated carbocycles. The molecular formula is C44H53N9O4. The van der Waals surface area contributed by atoms with Crippen molar-refractivity contribution in [2.75, 3.05) is 48.3 Å². The molecule has 1 unspecified atom stereocenters. The van der Waals surface area contributed by atoms with Gasteiger partial charge in [0.25, 0.3) is 5.91 Å². The van der Waals surface area contributed by atoms with E-state index in [9.17, 15) is 19.5 Å². The van der Waals surface area contributed by atoms with E-state index in [2.05, 4.69) is 78.0 Å². The molecule has 4 N–H and O–H groups in total. The molecule has 3 amide bonds. The van der Waals surface area contributed by atoms with Crippen LogP contribution in [0.15, 0.2) is 73.1 Å². The number of imide groups is 1. The number of nitrogens with zero attached hydrogens (tertiary/aromatic N) is 6. The number of nitrogens with one attached hydrogen (secondary N) is 3. The van der Waals surface area contributed by atoms with Crippen molar-refractivity contribution in [3.63, 3.8) is 0 Å². The number of aliphatic hydroxyl groups is 1. The van der Waals surface area contributed by atoms with Gasteiger partial charge in [0.1, 0.15) is 17.7 Å². The Morgan fingerprint density at radius 3 is 2.44 bits per heavy atom. The number of piperidine rings is 3. The molecule has 4 aliphatic rings. The quantitative estimate of drug-likeness (QED) is 0.0957. The van der Waals surface area contributed by atoms with Gasteiger partial charge in [-0.25, -0.2) is 9.97 Å². The van der Waals surface area contributed by atoms with E-state index >= 15 is 0 Å². The molecule has 2 aromatic carbocycles. The van der Waals surface area contributed by atoms with Gasteiger partial charge in [-0.1, -0.05) is 50.1 Å². The first kappa shape index (κ1) is 38.5. The number of aromatic nitrogens is 3. The lowest BCUT2D eigenvalue weighted by atomic mass is 9.83. The Bertz CT molecular complexity index is 2060. The monoisotopic (exact) mass is 771 g/mol. The zero-order valence-electron chi connectivity index (χ0n) is 32.8. The molecule has 2 aromatic heterocycles. The van der Waals surface area contributed by atoms with Crippen LogP contribution in [0.3, 0.4) is 0 Å². The summed E-state index contributed by atoms with van der Waals surface area (Å²) in [4.78, 5) is 57.3. The van der Waals surface area contributed by atoms with Crippen LogP contribution >= 0.6 is 0 Å². The second kappa shape index (κ2) is 17.0. The summed E-state index contributed by atoms with van der Waals surface area (Å²) in [5.74, 6) is 1.64. The summed E-state index contributed by atoms with van der Waals surface area (Å²) >= 11 is 0. The molecule has 3 fully saturated rings. The molecule has 13 nitrogen and oxygen atoms in total. The molecule has 0 aliphatic carbocycles. The highest BCUT2D eigenvalue weighted by Gasteiger charge is 2.41. The standard InChI is InChI=1S/C44H53N9O4/c1-2-3-4-20-45-39-15-21-46-43(49-39)48-38-13-7-32(27-47-38)31-16-22-52(23-17-31)35-9-5-30(6-10-35)28-51-24-18-44(57,19-25-51)34-8-11-36-33(26-34)29-53(42(36)56)37-12-14-40(54)50-41(37)55/h5-11,13,15,21,26-27,31,37,57H,2-4,12,14,16-20,22-25,28-29H2,1H3,(H,50,54,55)(H2,45,46,47,48,49). The van der Waals surface area contributed by atoms with Gasteiger partial charge in [0.2, 0.25) is 17.8 Å². The third kappa shape index (κ3) is 8.79. The van der Waals surface area contributed by atoms with E-state index in [1.165, 1.54) is 29.7 Å². The maximum atomic E-state index is 13.2. The molecule has 1 atom stereocenters. The van der Waals surface area contributed by atoms with Crippen LogP contribution in [0.5, 0.6) is 0 Å². The number of amides is 3. The fourth-order valence-electron chi connectivity index (χ4n) is 8.72. The SMILES string of the molecule is CCCCCNc1ccnc(Nc2ccc(C3CCN(c4ccc(CN5CCC(O)(c6ccc7c(c6)CN(C6CCC(=O)NC6=O)C7=O)CC5)cc4)CC3)cn2)n1. The second-order valence-electron chi connectivity index (χ2n) is 16.0. The van der Waals surface area contributed by atoms with Crippen molar-refractivity contribution in [3.8, 4) is 0 Å². The Balaban J connectivity index is 0.786. The fourth-order valence-corrected chi connectivity index (χ4v) is 8.72. The molecule has 8 rings (SSSR count). The molecule has 3 saturated heterocycles. The Labute approximate surface area is 334 Å². The van der Waals surface area contributed by atoms with E-state index in [0.29, 0.717) is 43.2 Å². The van der Waals surface area contributed by atoms with Gasteiger partial charge >= 0.3 is 0 Å². The summed E-state index contributed by atoms with van der Waals surface area (Å²) in [6, 6.07) is 19.9. The molecule has 0 bridgehead atoms. The van der Waals surface area contributed by atoms with Crippen molar-refractivity contribution in [3.05, 3.63) is 101 Å². The first-order valence-electron chi connectivity index (χ1n) is 20.6. The van der Waals surface area contributed by atoms with Crippen molar-refractivity contribution < 1.29 is 19.5 Å². The maximum Gasteiger partial charge on any atom is 0.255 e. The normalized spacial score (nSPS) is 20.0. The Hall–Kier alpha value is -5.40. The molecule has 6 heterocycles. The second-order valence-corrected chi connectivity index (χ2v) is 16.0. The summed E-state index contributed by atoms with van der Waals surface area (Å²) in [5, 5.41) is 20.7. The van der Waals surface area contributed by atoms with Crippen molar-refractivity contribution in [1.29, 1.82) is 0 Å². The third-order valence-electron chi connectivity index (χ3n) is 12.2. The number of hydrogen-bond donors (Lipinski definition) is 4. The Morgan fingerprint density at radius 1 is 0.895 bits per heavy atom. The molecule has 4 aliphatic heterocycles. The van der Waals surface area contributed by atoms with E-state index < -0.39 is 17.6 Å². The molecule has 13 heteroatoms. The lowest BCUT2D eigenvalue weighted by molar-refractivity contribution is -0.136. The molecule has 0 spiro atoms. The number of carbonyl (C=O) groups is 3. The molecule has 298 valence electrons. The third-order valence-corrected chi connectivity index (χ3v) is 12.2. The molecular weight excluding hydrogens is 719 g/mol. The van der Waals surface area contributed by atoms with E-state index in [4.69, 9.17) is 0 Å². The van der Waals surface area contributed by atoms with Crippen molar-refractivity contribution in [2.45, 2.75) is 95.4 Å². The van der Waals surface area contributed by atoms with E-state index in [1.807, 2.05) is 30.5 Å². The molecule has 4 aromatic rings. The number of rotatable bonds is 13. The molecule has 57 heavy (non-hydrogen) atoms. The van der Waals surface area contributed by atoms with Crippen LogP contribution in [0, 0.1) is 0 Å². The van der Waals surface area contributed by atoms with Gasteiger partial charge in [0.05, 0.1) is 5.60 Å². The highest BCUT2D eigenvalue weighted by Crippen LogP contribution is 2.37. The fraction of sp³-hybridized carbons (Fsp3) is 0.455. The summed E-state index contributed by atoms with van der Waals surface area (Å²) in [7, 11) is 0. The smallest absolute Gasteiger partial charge is 0.255 e. The highest BCUT2D eigenvalue weighted by molar-refractivity contribution is 6.05. The number of pyridine rings is 1. The van der Waals surface area contributed by atoms with Crippen LogP contribution in [0.1, 0.15) is 103 Å². The maximum absolute atomic E-state index is 13.2. The largest absolute Gasteiger partial charge is 0.385 e. The topological polar surface area (TPSA) is 156 Å². The minimum atomic E-state index is -0.978. The van der Waals surface area contributed by atoms with Crippen LogP contribution < -0.4 is 20.9 Å². The number of fused-ring (bicyclic) bond motifs is 1. The van der Waals surface area contributed by atoms with Crippen LogP contribution in [0.25, 0.3) is 0 Å². The number of likely N-dealkylation sites (tertiary alicyclic amines) is 1. The van der Waals surface area contributed by atoms with E-state index in [1.54, 1.807) is 17.2 Å². The summed E-state index contributed by atoms with van der Waals surface area (Å²) < 4.78 is 0. The van der Waals surface area contributed by atoms with Gasteiger partial charge in [0.15, 0.2) is 0 Å². The lowest BCUT2D eigenvalue weighted by Gasteiger charge is -2.39. The van der Waals surface area contributed by atoms with Crippen LogP contribution in [-0.4, -0.2) is 86.3 Å². The first-order chi connectivity index (χ1) is 27.7. The van der Waals surface area contributed by atoms with Gasteiger partial charge in [-0.05, 0) is 97.0 Å². The van der Waals surface area contributed by atoms with Gasteiger partial charge in [-0.3, -0.25) is 24.6 Å². The average Bonchev–Trinajstić information content (AvgIpc) is 3.56. The molecule has 0 radical (unpaired) electrons. The Morgan fingerprint density at radius 2 is 1.70 bits per heavy atom. The van der Waals surface area contributed by atoms with Crippen LogP contribution in [0.4, 0.5) is 23.3 Å². The predicted molar refractivity (Wildman–Crippen MR) is 219 cm³/mol. The van der Waals surface area contributed by atoms with Crippen molar-refractivity contribution in [2.24, 2.45) is 0 Å². The summed E-state index contributed by atoms with van der Waals surface area (Å²) in [5.41, 5.74) is 4.98. The van der Waals surface area contributed by atoms with Gasteiger partial charge in [0, 0.05) is 75.9 Å². The highest BCUT2D eigenvalue weighted by atomic mass is 16.3. The number of benzene rings is 2. The Kier molecular flexibility index (Phi) is 11.5. The van der Waals surface area contributed by atoms with Crippen LogP contribution in [-0.2, 0) is 28.3 Å². The number of hydrogen-bond acceptors (Lipinski definition) is 11. The van der Waals surface area contributed by atoms with Crippen molar-refractivity contribution in [1.82, 2.24) is 30.1 Å². The van der Waals surface area contributed by atoms with E-state index in [-0.39, 0.29) is 18.2 Å². The van der Waals surface area contributed by atoms with Crippen molar-refractivity contribution >= 4 is 41.0 Å². The minimum absolute atomic E-state index is 0.198. The number of unbranched alkanes of at least 4 members (excludes halogenated alkanes) is 2. The zero-order chi connectivity index (χ0) is 39.4. The predicted octanol–water partition coefficient (Wildman–Crippen LogP) is 5.85. The van der Waals surface area contributed by atoms with Gasteiger partial charge < -0.3 is 25.5 Å². The average molecular weight is 772 g/mol. The number of anilines is 4. The first-order valence-corrected chi connectivity index (χ1v) is 20.6. The summed E-state index contributed by atoms with van der Waals surface area (Å²) in [6.45, 7) is 7.73. The van der Waals surface area contributed by atoms with E-state index in [0.717, 1.165) is 81.3 Å². The van der Waals surface area contributed by atoms with Gasteiger partial charge in [-0.15, -0.1) is 0 Å². The summed E-state index contributed by atoms with van der Waals surface area (Å²) in [6.07, 6.45) is 11.1. The van der Waals surface area contributed by atoms with Gasteiger partial charge in [-0.2, -0.15) is 4.98 Å². The van der Waals surface area contributed by atoms with Crippen LogP contribution in [0.2, 0.25) is 0 Å². The number of carbonyl (C=O) groups excluding carboxylic acids is 3.